The van der Waals surface area contributed by atoms with Crippen molar-refractivity contribution in [3.63, 3.8) is 0 Å². The summed E-state index contributed by atoms with van der Waals surface area (Å²) in [7, 11) is 0. The van der Waals surface area contributed by atoms with E-state index in [0.717, 1.165) is 25.0 Å². The molecule has 94 valence electrons. The van der Waals surface area contributed by atoms with E-state index in [-0.39, 0.29) is 6.04 Å². The number of fused-ring (bicyclic) bond motifs is 1. The summed E-state index contributed by atoms with van der Waals surface area (Å²) in [6.45, 7) is 3.76. The lowest BCUT2D eigenvalue weighted by Gasteiger charge is -2.24. The molecule has 0 spiro atoms. The quantitative estimate of drug-likeness (QED) is 0.844. The monoisotopic (exact) mass is 235 g/mol. The number of rotatable bonds is 3. The van der Waals surface area contributed by atoms with E-state index in [0.29, 0.717) is 6.61 Å². The van der Waals surface area contributed by atoms with Gasteiger partial charge in [-0.3, -0.25) is 0 Å². The second-order valence-corrected chi connectivity index (χ2v) is 5.46. The normalized spacial score (nSPS) is 19.9. The second-order valence-electron chi connectivity index (χ2n) is 5.46. The highest BCUT2D eigenvalue weighted by atomic mass is 16.5. The van der Waals surface area contributed by atoms with Gasteiger partial charge in [0.15, 0.2) is 0 Å². The molecule has 0 aliphatic heterocycles. The minimum absolute atomic E-state index is 0.129. The van der Waals surface area contributed by atoms with E-state index in [1.54, 1.807) is 13.8 Å². The van der Waals surface area contributed by atoms with Crippen LogP contribution in [-0.4, -0.2) is 17.3 Å². The number of hydrogen-bond donors (Lipinski definition) is 2. The molecule has 0 bridgehead atoms. The molecule has 0 aromatic heterocycles. The summed E-state index contributed by atoms with van der Waals surface area (Å²) < 4.78 is 5.58. The maximum atomic E-state index is 9.62. The first kappa shape index (κ1) is 12.4. The zero-order chi connectivity index (χ0) is 12.5. The minimum atomic E-state index is -0.808. The van der Waals surface area contributed by atoms with Crippen LogP contribution in [0, 0.1) is 0 Å². The predicted molar refractivity (Wildman–Crippen MR) is 68.1 cm³/mol. The van der Waals surface area contributed by atoms with Crippen LogP contribution in [0.3, 0.4) is 0 Å². The van der Waals surface area contributed by atoms with Crippen molar-refractivity contribution in [3.8, 4) is 5.75 Å². The Balaban J connectivity index is 2.12. The highest BCUT2D eigenvalue weighted by Crippen LogP contribution is 2.31. The summed E-state index contributed by atoms with van der Waals surface area (Å²) in [5, 5.41) is 9.62. The average molecular weight is 235 g/mol. The van der Waals surface area contributed by atoms with E-state index in [2.05, 4.69) is 6.07 Å². The number of ether oxygens (including phenoxy) is 1. The Morgan fingerprint density at radius 2 is 2.24 bits per heavy atom. The third kappa shape index (κ3) is 3.20. The number of nitrogens with two attached hydrogens (primary N) is 1. The molecule has 0 unspecified atom stereocenters. The smallest absolute Gasteiger partial charge is 0.119 e. The van der Waals surface area contributed by atoms with Gasteiger partial charge in [-0.1, -0.05) is 6.07 Å². The Morgan fingerprint density at radius 3 is 2.94 bits per heavy atom. The predicted octanol–water partition coefficient (Wildman–Crippen LogP) is 2.17. The minimum Gasteiger partial charge on any atom is -0.491 e. The summed E-state index contributed by atoms with van der Waals surface area (Å²) in [6, 6.07) is 6.20. The third-order valence-electron chi connectivity index (χ3n) is 3.07. The molecule has 3 heteroatoms. The van der Waals surface area contributed by atoms with Gasteiger partial charge in [0, 0.05) is 6.04 Å². The van der Waals surface area contributed by atoms with Gasteiger partial charge in [-0.25, -0.2) is 0 Å². The van der Waals surface area contributed by atoms with Crippen LogP contribution < -0.4 is 10.5 Å². The van der Waals surface area contributed by atoms with Crippen LogP contribution in [0.25, 0.3) is 0 Å². The highest BCUT2D eigenvalue weighted by molar-refractivity contribution is 5.39. The molecule has 3 nitrogen and oxygen atoms in total. The first-order chi connectivity index (χ1) is 7.96. The molecular weight excluding hydrogens is 214 g/mol. The second kappa shape index (κ2) is 4.67. The average Bonchev–Trinajstić information content (AvgIpc) is 2.26. The molecule has 1 aromatic carbocycles. The van der Waals surface area contributed by atoms with Gasteiger partial charge in [0.25, 0.3) is 0 Å². The summed E-state index contributed by atoms with van der Waals surface area (Å²) in [4.78, 5) is 0. The van der Waals surface area contributed by atoms with E-state index in [9.17, 15) is 5.11 Å². The van der Waals surface area contributed by atoms with Crippen LogP contribution in [0.4, 0.5) is 0 Å². The van der Waals surface area contributed by atoms with Crippen LogP contribution >= 0.6 is 0 Å². The van der Waals surface area contributed by atoms with Crippen molar-refractivity contribution in [2.75, 3.05) is 6.61 Å². The van der Waals surface area contributed by atoms with E-state index >= 15 is 0 Å². The number of benzene rings is 1. The highest BCUT2D eigenvalue weighted by Gasteiger charge is 2.18. The molecule has 0 radical (unpaired) electrons. The molecule has 2 rings (SSSR count). The Bertz CT molecular complexity index is 396. The molecule has 17 heavy (non-hydrogen) atoms. The largest absolute Gasteiger partial charge is 0.491 e. The zero-order valence-electron chi connectivity index (χ0n) is 10.6. The van der Waals surface area contributed by atoms with Crippen LogP contribution in [0.5, 0.6) is 5.75 Å². The Labute approximate surface area is 103 Å². The number of hydrogen-bond acceptors (Lipinski definition) is 3. The van der Waals surface area contributed by atoms with Gasteiger partial charge < -0.3 is 15.6 Å². The van der Waals surface area contributed by atoms with Crippen LogP contribution in [0.15, 0.2) is 18.2 Å². The molecule has 1 aliphatic carbocycles. The summed E-state index contributed by atoms with van der Waals surface area (Å²) in [6.07, 6.45) is 3.31. The fourth-order valence-corrected chi connectivity index (χ4v) is 2.16. The molecule has 3 N–H and O–H groups in total. The Hall–Kier alpha value is -1.06. The molecule has 0 heterocycles. The van der Waals surface area contributed by atoms with E-state index in [4.69, 9.17) is 10.5 Å². The topological polar surface area (TPSA) is 55.5 Å². The van der Waals surface area contributed by atoms with E-state index in [1.807, 2.05) is 12.1 Å². The van der Waals surface area contributed by atoms with Crippen molar-refractivity contribution in [2.45, 2.75) is 44.8 Å². The molecule has 1 aromatic rings. The SMILES string of the molecule is CC(C)(O)COc1ccc2c(c1)[C@H](N)CCC2. The van der Waals surface area contributed by atoms with Crippen LogP contribution in [0.1, 0.15) is 43.9 Å². The van der Waals surface area contributed by atoms with Gasteiger partial charge in [-0.2, -0.15) is 0 Å². The summed E-state index contributed by atoms with van der Waals surface area (Å²) in [5.74, 6) is 0.795. The number of aryl methyl sites for hydroxylation is 1. The third-order valence-corrected chi connectivity index (χ3v) is 3.07. The van der Waals surface area contributed by atoms with Crippen molar-refractivity contribution in [1.82, 2.24) is 0 Å². The fraction of sp³-hybridized carbons (Fsp3) is 0.571. The van der Waals surface area contributed by atoms with E-state index in [1.165, 1.54) is 11.1 Å². The van der Waals surface area contributed by atoms with Gasteiger partial charge in [-0.15, -0.1) is 0 Å². The Kier molecular flexibility index (Phi) is 3.40. The van der Waals surface area contributed by atoms with Gasteiger partial charge in [0.2, 0.25) is 0 Å². The van der Waals surface area contributed by atoms with Crippen molar-refractivity contribution in [1.29, 1.82) is 0 Å². The van der Waals surface area contributed by atoms with E-state index < -0.39 is 5.60 Å². The molecule has 0 saturated carbocycles. The van der Waals surface area contributed by atoms with Gasteiger partial charge in [0.05, 0.1) is 5.60 Å². The Morgan fingerprint density at radius 1 is 1.47 bits per heavy atom. The standard InChI is InChI=1S/C14H21NO2/c1-14(2,16)9-17-11-7-6-10-4-3-5-13(15)12(10)8-11/h6-8,13,16H,3-5,9,15H2,1-2H3/t13-/m1/s1. The first-order valence-corrected chi connectivity index (χ1v) is 6.19. The van der Waals surface area contributed by atoms with Gasteiger partial charge >= 0.3 is 0 Å². The van der Waals surface area contributed by atoms with Crippen molar-refractivity contribution in [2.24, 2.45) is 5.73 Å². The molecule has 0 amide bonds. The number of aliphatic hydroxyl groups is 1. The first-order valence-electron chi connectivity index (χ1n) is 6.19. The van der Waals surface area contributed by atoms with Gasteiger partial charge in [0.1, 0.15) is 12.4 Å². The van der Waals surface area contributed by atoms with Crippen molar-refractivity contribution < 1.29 is 9.84 Å². The molecular formula is C14H21NO2. The lowest BCUT2D eigenvalue weighted by Crippen LogP contribution is -2.28. The molecule has 1 atom stereocenters. The lowest BCUT2D eigenvalue weighted by atomic mass is 9.88. The maximum absolute atomic E-state index is 9.62. The zero-order valence-corrected chi connectivity index (χ0v) is 10.6. The van der Waals surface area contributed by atoms with Crippen molar-refractivity contribution >= 4 is 0 Å². The lowest BCUT2D eigenvalue weighted by molar-refractivity contribution is 0.0284. The van der Waals surface area contributed by atoms with Crippen molar-refractivity contribution in [3.05, 3.63) is 29.3 Å². The summed E-state index contributed by atoms with van der Waals surface area (Å²) in [5.41, 5.74) is 7.82. The summed E-state index contributed by atoms with van der Waals surface area (Å²) >= 11 is 0. The van der Waals surface area contributed by atoms with Crippen LogP contribution in [0.2, 0.25) is 0 Å². The van der Waals surface area contributed by atoms with Crippen LogP contribution in [-0.2, 0) is 6.42 Å². The van der Waals surface area contributed by atoms with Gasteiger partial charge in [-0.05, 0) is 56.4 Å². The molecule has 0 saturated heterocycles. The molecule has 0 fully saturated rings. The maximum Gasteiger partial charge on any atom is 0.119 e. The fourth-order valence-electron chi connectivity index (χ4n) is 2.16. The molecule has 1 aliphatic rings.